The van der Waals surface area contributed by atoms with Gasteiger partial charge < -0.3 is 15.1 Å². The molecule has 0 radical (unpaired) electrons. The lowest BCUT2D eigenvalue weighted by Crippen LogP contribution is -2.45. The number of sulfonamides is 1. The number of nitrogens with zero attached hydrogens (tertiary/aromatic N) is 3. The highest BCUT2D eigenvalue weighted by molar-refractivity contribution is 7.92. The number of nitrogens with one attached hydrogen (secondary N) is 1. The average Bonchev–Trinajstić information content (AvgIpc) is 2.58. The molecular formula is C19H32N4O3S. The van der Waals surface area contributed by atoms with Gasteiger partial charge >= 0.3 is 0 Å². The Bertz CT molecular complexity index is 743. The van der Waals surface area contributed by atoms with E-state index in [-0.39, 0.29) is 12.5 Å². The summed E-state index contributed by atoms with van der Waals surface area (Å²) in [5.74, 6) is -0.279. The van der Waals surface area contributed by atoms with E-state index in [1.54, 1.807) is 6.07 Å². The molecule has 0 aromatic heterocycles. The Balaban J connectivity index is 1.85. The van der Waals surface area contributed by atoms with Gasteiger partial charge in [0, 0.05) is 32.7 Å². The second-order valence-electron chi connectivity index (χ2n) is 7.41. The van der Waals surface area contributed by atoms with Crippen molar-refractivity contribution in [2.75, 3.05) is 63.4 Å². The van der Waals surface area contributed by atoms with Crippen LogP contribution in [0.4, 0.5) is 5.69 Å². The van der Waals surface area contributed by atoms with Crippen LogP contribution in [0.5, 0.6) is 0 Å². The summed E-state index contributed by atoms with van der Waals surface area (Å²) in [4.78, 5) is 17.0. The number of anilines is 1. The molecule has 0 unspecified atom stereocenters. The van der Waals surface area contributed by atoms with Gasteiger partial charge in [0.15, 0.2) is 0 Å². The summed E-state index contributed by atoms with van der Waals surface area (Å²) in [6.07, 6.45) is 1.99. The highest BCUT2D eigenvalue weighted by Crippen LogP contribution is 2.23. The number of aryl methyl sites for hydroxylation is 2. The first-order valence-corrected chi connectivity index (χ1v) is 11.2. The van der Waals surface area contributed by atoms with Gasteiger partial charge in [-0.15, -0.1) is 0 Å². The molecule has 1 aromatic carbocycles. The van der Waals surface area contributed by atoms with Gasteiger partial charge in [0.05, 0.1) is 11.9 Å². The first kappa shape index (κ1) is 21.7. The Kier molecular flexibility index (Phi) is 7.64. The van der Waals surface area contributed by atoms with Crippen molar-refractivity contribution in [3.63, 3.8) is 0 Å². The van der Waals surface area contributed by atoms with Crippen molar-refractivity contribution >= 4 is 21.6 Å². The molecule has 1 aliphatic heterocycles. The summed E-state index contributed by atoms with van der Waals surface area (Å²) in [6, 6.07) is 5.53. The zero-order chi connectivity index (χ0) is 20.0. The summed E-state index contributed by atoms with van der Waals surface area (Å²) in [7, 11) is -1.42. The van der Waals surface area contributed by atoms with E-state index in [2.05, 4.69) is 22.2 Å². The van der Waals surface area contributed by atoms with E-state index in [0.717, 1.165) is 56.5 Å². The summed E-state index contributed by atoms with van der Waals surface area (Å²) in [5, 5.41) is 2.85. The Morgan fingerprint density at radius 3 is 2.44 bits per heavy atom. The van der Waals surface area contributed by atoms with E-state index in [9.17, 15) is 13.2 Å². The molecule has 8 heteroatoms. The topological polar surface area (TPSA) is 73.0 Å². The minimum absolute atomic E-state index is 0.197. The maximum Gasteiger partial charge on any atom is 0.240 e. The number of carbonyl (C=O) groups excluding carboxylic acids is 1. The lowest BCUT2D eigenvalue weighted by Gasteiger charge is -2.32. The van der Waals surface area contributed by atoms with Gasteiger partial charge in [0.25, 0.3) is 0 Å². The zero-order valence-electron chi connectivity index (χ0n) is 16.9. The SMILES string of the molecule is Cc1ccc(N(CC(=O)NCCCN2CCN(C)CC2)S(C)(=O)=O)c(C)c1. The van der Waals surface area contributed by atoms with Gasteiger partial charge in [0.1, 0.15) is 6.54 Å². The van der Waals surface area contributed by atoms with Crippen LogP contribution in [-0.4, -0.2) is 83.2 Å². The molecule has 0 atom stereocenters. The fraction of sp³-hybridized carbons (Fsp3) is 0.632. The Hall–Kier alpha value is -1.64. The van der Waals surface area contributed by atoms with Crippen LogP contribution in [0.15, 0.2) is 18.2 Å². The first-order chi connectivity index (χ1) is 12.7. The van der Waals surface area contributed by atoms with E-state index >= 15 is 0 Å². The van der Waals surface area contributed by atoms with E-state index < -0.39 is 10.0 Å². The van der Waals surface area contributed by atoms with Crippen molar-refractivity contribution in [3.8, 4) is 0 Å². The van der Waals surface area contributed by atoms with Crippen molar-refractivity contribution in [2.24, 2.45) is 0 Å². The van der Waals surface area contributed by atoms with Gasteiger partial charge in [-0.05, 0) is 45.5 Å². The van der Waals surface area contributed by atoms with Crippen LogP contribution in [0.25, 0.3) is 0 Å². The summed E-state index contributed by atoms with van der Waals surface area (Å²) in [5.41, 5.74) is 2.44. The third-order valence-electron chi connectivity index (χ3n) is 4.88. The highest BCUT2D eigenvalue weighted by Gasteiger charge is 2.22. The first-order valence-electron chi connectivity index (χ1n) is 9.39. The molecular weight excluding hydrogens is 364 g/mol. The predicted molar refractivity (Wildman–Crippen MR) is 110 cm³/mol. The molecule has 1 aromatic rings. The van der Waals surface area contributed by atoms with Crippen molar-refractivity contribution in [1.82, 2.24) is 15.1 Å². The molecule has 0 aliphatic carbocycles. The van der Waals surface area contributed by atoms with Crippen LogP contribution >= 0.6 is 0 Å². The van der Waals surface area contributed by atoms with Crippen molar-refractivity contribution in [3.05, 3.63) is 29.3 Å². The monoisotopic (exact) mass is 396 g/mol. The Morgan fingerprint density at radius 1 is 1.19 bits per heavy atom. The van der Waals surface area contributed by atoms with E-state index in [0.29, 0.717) is 12.2 Å². The summed E-state index contributed by atoms with van der Waals surface area (Å²) < 4.78 is 25.6. The number of likely N-dealkylation sites (N-methyl/N-ethyl adjacent to an activating group) is 1. The van der Waals surface area contributed by atoms with Crippen LogP contribution in [0.3, 0.4) is 0 Å². The lowest BCUT2D eigenvalue weighted by atomic mass is 10.1. The summed E-state index contributed by atoms with van der Waals surface area (Å²) in [6.45, 7) is 9.37. The fourth-order valence-corrected chi connectivity index (χ4v) is 4.17. The van der Waals surface area contributed by atoms with Gasteiger partial charge in [0.2, 0.25) is 15.9 Å². The number of benzene rings is 1. The molecule has 1 N–H and O–H groups in total. The standard InChI is InChI=1S/C19H32N4O3S/c1-16-6-7-18(17(2)14-16)23(27(4,25)26)15-19(24)20-8-5-9-22-12-10-21(3)11-13-22/h6-7,14H,5,8-13,15H2,1-4H3,(H,20,24). The van der Waals surface area contributed by atoms with Crippen LogP contribution < -0.4 is 9.62 Å². The smallest absolute Gasteiger partial charge is 0.240 e. The van der Waals surface area contributed by atoms with Crippen LogP contribution in [-0.2, 0) is 14.8 Å². The van der Waals surface area contributed by atoms with Crippen LogP contribution in [0.1, 0.15) is 17.5 Å². The van der Waals surface area contributed by atoms with Crippen LogP contribution in [0.2, 0.25) is 0 Å². The molecule has 1 fully saturated rings. The van der Waals surface area contributed by atoms with Gasteiger partial charge in [-0.2, -0.15) is 0 Å². The molecule has 1 heterocycles. The minimum Gasteiger partial charge on any atom is -0.354 e. The normalized spacial score (nSPS) is 16.3. The third kappa shape index (κ3) is 6.79. The summed E-state index contributed by atoms with van der Waals surface area (Å²) >= 11 is 0. The molecule has 1 aliphatic rings. The number of piperazine rings is 1. The molecule has 1 amide bonds. The van der Waals surface area contributed by atoms with Gasteiger partial charge in [-0.1, -0.05) is 17.7 Å². The molecule has 0 bridgehead atoms. The Labute approximate surface area is 163 Å². The largest absolute Gasteiger partial charge is 0.354 e. The second-order valence-corrected chi connectivity index (χ2v) is 9.31. The quantitative estimate of drug-likeness (QED) is 0.659. The molecule has 2 rings (SSSR count). The van der Waals surface area contributed by atoms with E-state index in [1.165, 1.54) is 4.31 Å². The van der Waals surface area contributed by atoms with Gasteiger partial charge in [-0.3, -0.25) is 9.10 Å². The van der Waals surface area contributed by atoms with E-state index in [1.807, 2.05) is 26.0 Å². The number of carbonyl (C=O) groups is 1. The van der Waals surface area contributed by atoms with E-state index in [4.69, 9.17) is 0 Å². The Morgan fingerprint density at radius 2 is 1.85 bits per heavy atom. The molecule has 0 saturated carbocycles. The molecule has 152 valence electrons. The molecule has 0 spiro atoms. The van der Waals surface area contributed by atoms with Crippen molar-refractivity contribution < 1.29 is 13.2 Å². The third-order valence-corrected chi connectivity index (χ3v) is 6.00. The number of rotatable bonds is 8. The number of hydrogen-bond donors (Lipinski definition) is 1. The minimum atomic E-state index is -3.54. The van der Waals surface area contributed by atoms with Crippen molar-refractivity contribution in [2.45, 2.75) is 20.3 Å². The highest BCUT2D eigenvalue weighted by atomic mass is 32.2. The second kappa shape index (κ2) is 9.52. The maximum absolute atomic E-state index is 12.3. The molecule has 1 saturated heterocycles. The van der Waals surface area contributed by atoms with Gasteiger partial charge in [-0.25, -0.2) is 8.42 Å². The predicted octanol–water partition coefficient (Wildman–Crippen LogP) is 0.823. The number of hydrogen-bond acceptors (Lipinski definition) is 5. The average molecular weight is 397 g/mol. The fourth-order valence-electron chi connectivity index (χ4n) is 3.25. The zero-order valence-corrected chi connectivity index (χ0v) is 17.7. The lowest BCUT2D eigenvalue weighted by molar-refractivity contribution is -0.119. The maximum atomic E-state index is 12.3. The van der Waals surface area contributed by atoms with Crippen LogP contribution in [0, 0.1) is 13.8 Å². The number of amides is 1. The molecule has 27 heavy (non-hydrogen) atoms. The van der Waals surface area contributed by atoms with Crippen molar-refractivity contribution in [1.29, 1.82) is 0 Å². The molecule has 7 nitrogen and oxygen atoms in total.